The molecule has 0 aliphatic rings. The summed E-state index contributed by atoms with van der Waals surface area (Å²) >= 11 is 0. The van der Waals surface area contributed by atoms with E-state index in [4.69, 9.17) is 9.47 Å². The normalized spacial score (nSPS) is 10.7. The number of aryl methyl sites for hydroxylation is 1. The standard InChI is InChI=1S/C15H26N2O2/c1-11(2)16-7-8-17(4)13-10-14(18-5)12(3)9-15(13)19-6/h9-11,16H,7-8H2,1-6H3. The number of nitrogens with one attached hydrogen (secondary N) is 1. The molecule has 0 aromatic heterocycles. The molecule has 1 aromatic rings. The first-order chi connectivity index (χ1) is 8.99. The van der Waals surface area contributed by atoms with Crippen molar-refractivity contribution in [1.29, 1.82) is 0 Å². The van der Waals surface area contributed by atoms with Gasteiger partial charge in [0.15, 0.2) is 0 Å². The average Bonchev–Trinajstić information content (AvgIpc) is 2.37. The van der Waals surface area contributed by atoms with Crippen LogP contribution in [0.5, 0.6) is 11.5 Å². The molecule has 0 aliphatic carbocycles. The fraction of sp³-hybridized carbons (Fsp3) is 0.600. The molecule has 0 unspecified atom stereocenters. The topological polar surface area (TPSA) is 33.7 Å². The van der Waals surface area contributed by atoms with Gasteiger partial charge in [0, 0.05) is 32.2 Å². The van der Waals surface area contributed by atoms with Crippen molar-refractivity contribution in [2.24, 2.45) is 0 Å². The molecule has 0 amide bonds. The fourth-order valence-corrected chi connectivity index (χ4v) is 1.97. The zero-order chi connectivity index (χ0) is 14.4. The quantitative estimate of drug-likeness (QED) is 0.822. The lowest BCUT2D eigenvalue weighted by atomic mass is 10.1. The van der Waals surface area contributed by atoms with Gasteiger partial charge in [0.2, 0.25) is 0 Å². The monoisotopic (exact) mass is 266 g/mol. The van der Waals surface area contributed by atoms with Gasteiger partial charge >= 0.3 is 0 Å². The maximum atomic E-state index is 5.46. The number of benzene rings is 1. The number of nitrogens with zero attached hydrogens (tertiary/aromatic N) is 1. The van der Waals surface area contributed by atoms with Crippen molar-refractivity contribution in [3.05, 3.63) is 17.7 Å². The number of rotatable bonds is 7. The minimum Gasteiger partial charge on any atom is -0.496 e. The van der Waals surface area contributed by atoms with Crippen LogP contribution in [0.25, 0.3) is 0 Å². The van der Waals surface area contributed by atoms with E-state index in [1.807, 2.05) is 19.1 Å². The van der Waals surface area contributed by atoms with Crippen LogP contribution in [-0.4, -0.2) is 40.4 Å². The second kappa shape index (κ2) is 7.24. The molecule has 0 aliphatic heterocycles. The van der Waals surface area contributed by atoms with Gasteiger partial charge in [-0.15, -0.1) is 0 Å². The zero-order valence-corrected chi connectivity index (χ0v) is 12.9. The van der Waals surface area contributed by atoms with Gasteiger partial charge in [0.1, 0.15) is 11.5 Å². The van der Waals surface area contributed by atoms with E-state index in [0.29, 0.717) is 6.04 Å². The van der Waals surface area contributed by atoms with Crippen molar-refractivity contribution >= 4 is 5.69 Å². The smallest absolute Gasteiger partial charge is 0.142 e. The molecule has 0 heterocycles. The predicted octanol–water partition coefficient (Wildman–Crippen LogP) is 2.45. The molecule has 4 nitrogen and oxygen atoms in total. The van der Waals surface area contributed by atoms with E-state index in [-0.39, 0.29) is 0 Å². The van der Waals surface area contributed by atoms with Crippen LogP contribution in [0.1, 0.15) is 19.4 Å². The zero-order valence-electron chi connectivity index (χ0n) is 12.9. The first-order valence-corrected chi connectivity index (χ1v) is 6.66. The molecule has 0 fully saturated rings. The summed E-state index contributed by atoms with van der Waals surface area (Å²) in [4.78, 5) is 2.18. The van der Waals surface area contributed by atoms with Crippen LogP contribution in [0.15, 0.2) is 12.1 Å². The molecule has 4 heteroatoms. The van der Waals surface area contributed by atoms with E-state index < -0.39 is 0 Å². The third-order valence-electron chi connectivity index (χ3n) is 3.11. The molecule has 0 atom stereocenters. The Morgan fingerprint density at radius 2 is 1.79 bits per heavy atom. The van der Waals surface area contributed by atoms with Crippen LogP contribution in [0.4, 0.5) is 5.69 Å². The molecule has 1 N–H and O–H groups in total. The second-order valence-electron chi connectivity index (χ2n) is 5.02. The number of methoxy groups -OCH3 is 2. The minimum absolute atomic E-state index is 0.503. The highest BCUT2D eigenvalue weighted by Gasteiger charge is 2.12. The molecule has 0 radical (unpaired) electrons. The molecule has 0 saturated heterocycles. The van der Waals surface area contributed by atoms with Gasteiger partial charge in [-0.3, -0.25) is 0 Å². The highest BCUT2D eigenvalue weighted by molar-refractivity contribution is 5.63. The Morgan fingerprint density at radius 3 is 2.32 bits per heavy atom. The molecule has 19 heavy (non-hydrogen) atoms. The summed E-state index contributed by atoms with van der Waals surface area (Å²) in [6.45, 7) is 8.17. The molecule has 0 saturated carbocycles. The third kappa shape index (κ3) is 4.31. The summed E-state index contributed by atoms with van der Waals surface area (Å²) in [5.41, 5.74) is 2.13. The average molecular weight is 266 g/mol. The Kier molecular flexibility index (Phi) is 5.96. The third-order valence-corrected chi connectivity index (χ3v) is 3.11. The molecule has 0 bridgehead atoms. The van der Waals surface area contributed by atoms with E-state index in [1.54, 1.807) is 14.2 Å². The fourth-order valence-electron chi connectivity index (χ4n) is 1.97. The number of anilines is 1. The van der Waals surface area contributed by atoms with Gasteiger partial charge in [-0.2, -0.15) is 0 Å². The Labute approximate surface area is 116 Å². The lowest BCUT2D eigenvalue weighted by Gasteiger charge is -2.23. The van der Waals surface area contributed by atoms with Gasteiger partial charge in [-0.05, 0) is 18.6 Å². The summed E-state index contributed by atoms with van der Waals surface area (Å²) in [6, 6.07) is 4.55. The highest BCUT2D eigenvalue weighted by atomic mass is 16.5. The highest BCUT2D eigenvalue weighted by Crippen LogP contribution is 2.34. The summed E-state index contributed by atoms with van der Waals surface area (Å²) in [5.74, 6) is 1.77. The summed E-state index contributed by atoms with van der Waals surface area (Å²) in [7, 11) is 5.46. The summed E-state index contributed by atoms with van der Waals surface area (Å²) < 4.78 is 10.8. The Morgan fingerprint density at radius 1 is 1.16 bits per heavy atom. The van der Waals surface area contributed by atoms with E-state index in [0.717, 1.165) is 35.8 Å². The van der Waals surface area contributed by atoms with Crippen LogP contribution < -0.4 is 19.7 Å². The van der Waals surface area contributed by atoms with Crippen molar-refractivity contribution in [3.8, 4) is 11.5 Å². The van der Waals surface area contributed by atoms with E-state index in [1.165, 1.54) is 0 Å². The van der Waals surface area contributed by atoms with Crippen LogP contribution in [0, 0.1) is 6.92 Å². The van der Waals surface area contributed by atoms with E-state index in [9.17, 15) is 0 Å². The van der Waals surface area contributed by atoms with E-state index >= 15 is 0 Å². The Balaban J connectivity index is 2.84. The summed E-state index contributed by atoms with van der Waals surface area (Å²) in [5, 5.41) is 3.41. The molecule has 1 aromatic carbocycles. The number of ether oxygens (including phenoxy) is 2. The minimum atomic E-state index is 0.503. The number of hydrogen-bond donors (Lipinski definition) is 1. The first-order valence-electron chi connectivity index (χ1n) is 6.66. The molecule has 108 valence electrons. The van der Waals surface area contributed by atoms with Gasteiger partial charge in [0.05, 0.1) is 19.9 Å². The number of hydrogen-bond acceptors (Lipinski definition) is 4. The molecule has 0 spiro atoms. The predicted molar refractivity (Wildman–Crippen MR) is 80.7 cm³/mol. The largest absolute Gasteiger partial charge is 0.496 e. The lowest BCUT2D eigenvalue weighted by molar-refractivity contribution is 0.400. The van der Waals surface area contributed by atoms with Crippen molar-refractivity contribution in [2.45, 2.75) is 26.8 Å². The summed E-state index contributed by atoms with van der Waals surface area (Å²) in [6.07, 6.45) is 0. The Hall–Kier alpha value is -1.42. The van der Waals surface area contributed by atoms with Gasteiger partial charge in [-0.25, -0.2) is 0 Å². The van der Waals surface area contributed by atoms with Crippen LogP contribution in [0.2, 0.25) is 0 Å². The van der Waals surface area contributed by atoms with Crippen LogP contribution in [-0.2, 0) is 0 Å². The SMILES string of the molecule is COc1cc(N(C)CCNC(C)C)c(OC)cc1C. The van der Waals surface area contributed by atoms with Crippen molar-refractivity contribution in [1.82, 2.24) is 5.32 Å². The van der Waals surface area contributed by atoms with Gasteiger partial charge in [-0.1, -0.05) is 13.8 Å². The first kappa shape index (κ1) is 15.6. The van der Waals surface area contributed by atoms with Crippen molar-refractivity contribution < 1.29 is 9.47 Å². The number of likely N-dealkylation sites (N-methyl/N-ethyl adjacent to an activating group) is 1. The van der Waals surface area contributed by atoms with E-state index in [2.05, 4.69) is 31.1 Å². The second-order valence-corrected chi connectivity index (χ2v) is 5.02. The van der Waals surface area contributed by atoms with Crippen LogP contribution in [0.3, 0.4) is 0 Å². The van der Waals surface area contributed by atoms with Gasteiger partial charge in [0.25, 0.3) is 0 Å². The maximum Gasteiger partial charge on any atom is 0.142 e. The van der Waals surface area contributed by atoms with Crippen molar-refractivity contribution in [2.75, 3.05) is 39.3 Å². The van der Waals surface area contributed by atoms with Crippen LogP contribution >= 0.6 is 0 Å². The lowest BCUT2D eigenvalue weighted by Crippen LogP contribution is -2.33. The molecular weight excluding hydrogens is 240 g/mol. The maximum absolute atomic E-state index is 5.46. The molecular formula is C15H26N2O2. The van der Waals surface area contributed by atoms with Crippen molar-refractivity contribution in [3.63, 3.8) is 0 Å². The molecule has 1 rings (SSSR count). The Bertz CT molecular complexity index is 405. The van der Waals surface area contributed by atoms with Gasteiger partial charge < -0.3 is 19.7 Å².